The molecule has 0 aliphatic carbocycles. The lowest BCUT2D eigenvalue weighted by molar-refractivity contribution is 0.143. The summed E-state index contributed by atoms with van der Waals surface area (Å²) in [6.45, 7) is 1.50. The second kappa shape index (κ2) is 7.73. The maximum atomic E-state index is 5.81. The molecule has 0 bridgehead atoms. The van der Waals surface area contributed by atoms with Crippen molar-refractivity contribution in [1.82, 2.24) is 4.57 Å². The van der Waals surface area contributed by atoms with E-state index in [9.17, 15) is 0 Å². The molecule has 5 aromatic rings. The van der Waals surface area contributed by atoms with E-state index in [1.54, 1.807) is 0 Å². The van der Waals surface area contributed by atoms with Gasteiger partial charge in [0.2, 0.25) is 0 Å². The Morgan fingerprint density at radius 1 is 0.613 bits per heavy atom. The van der Waals surface area contributed by atoms with E-state index in [2.05, 4.69) is 102 Å². The van der Waals surface area contributed by atoms with Crippen molar-refractivity contribution in [3.8, 4) is 16.8 Å². The Balaban J connectivity index is 1.51. The lowest BCUT2D eigenvalue weighted by atomic mass is 9.77. The topological polar surface area (TPSA) is 23.4 Å². The van der Waals surface area contributed by atoms with E-state index >= 15 is 0 Å². The van der Waals surface area contributed by atoms with E-state index in [1.165, 1.54) is 38.6 Å². The molecule has 31 heavy (non-hydrogen) atoms. The standard InChI is InChI=1S/C27H22BNO2/c1-2-10-23(11-3-1)29-26-13-5-4-12-24(26)25-19-21(14-15-27(25)29)20-8-6-9-22(18-20)28-30-16-7-17-31-28/h1-6,8-15,18-19H,7,16-17H2. The molecule has 0 atom stereocenters. The van der Waals surface area contributed by atoms with Crippen LogP contribution in [-0.2, 0) is 9.31 Å². The van der Waals surface area contributed by atoms with Crippen LogP contribution in [0.3, 0.4) is 0 Å². The molecular weight excluding hydrogens is 381 g/mol. The van der Waals surface area contributed by atoms with Crippen LogP contribution in [0.4, 0.5) is 0 Å². The second-order valence-electron chi connectivity index (χ2n) is 7.97. The zero-order valence-electron chi connectivity index (χ0n) is 17.2. The van der Waals surface area contributed by atoms with Crippen molar-refractivity contribution in [1.29, 1.82) is 0 Å². The summed E-state index contributed by atoms with van der Waals surface area (Å²) in [5.74, 6) is 0. The van der Waals surface area contributed by atoms with Gasteiger partial charge in [0.1, 0.15) is 0 Å². The van der Waals surface area contributed by atoms with Crippen molar-refractivity contribution in [2.45, 2.75) is 6.42 Å². The molecule has 0 radical (unpaired) electrons. The van der Waals surface area contributed by atoms with Gasteiger partial charge in [0.15, 0.2) is 0 Å². The van der Waals surface area contributed by atoms with Crippen LogP contribution < -0.4 is 5.46 Å². The molecule has 4 aromatic carbocycles. The number of rotatable bonds is 3. The lowest BCUT2D eigenvalue weighted by Gasteiger charge is -2.20. The van der Waals surface area contributed by atoms with Gasteiger partial charge >= 0.3 is 7.12 Å². The van der Waals surface area contributed by atoms with Crippen molar-refractivity contribution in [3.05, 3.63) is 97.1 Å². The van der Waals surface area contributed by atoms with Crippen LogP contribution in [0, 0.1) is 0 Å². The summed E-state index contributed by atoms with van der Waals surface area (Å²) < 4.78 is 14.0. The number of benzene rings is 4. The second-order valence-corrected chi connectivity index (χ2v) is 7.97. The van der Waals surface area contributed by atoms with Crippen LogP contribution in [-0.4, -0.2) is 24.9 Å². The fraction of sp³-hybridized carbons (Fsp3) is 0.111. The normalized spacial score (nSPS) is 14.4. The van der Waals surface area contributed by atoms with Crippen molar-refractivity contribution in [2.24, 2.45) is 0 Å². The summed E-state index contributed by atoms with van der Waals surface area (Å²) in [5, 5.41) is 2.52. The van der Waals surface area contributed by atoms with Gasteiger partial charge in [-0.3, -0.25) is 0 Å². The van der Waals surface area contributed by atoms with Gasteiger partial charge in [-0.2, -0.15) is 0 Å². The summed E-state index contributed by atoms with van der Waals surface area (Å²) in [6.07, 6.45) is 0.957. The maximum Gasteiger partial charge on any atom is 0.493 e. The highest BCUT2D eigenvalue weighted by molar-refractivity contribution is 6.61. The largest absolute Gasteiger partial charge is 0.493 e. The summed E-state index contributed by atoms with van der Waals surface area (Å²) in [7, 11) is -0.266. The minimum absolute atomic E-state index is 0.266. The molecule has 6 rings (SSSR count). The molecule has 150 valence electrons. The monoisotopic (exact) mass is 403 g/mol. The van der Waals surface area contributed by atoms with E-state index in [4.69, 9.17) is 9.31 Å². The highest BCUT2D eigenvalue weighted by Crippen LogP contribution is 2.34. The molecular formula is C27H22BNO2. The van der Waals surface area contributed by atoms with E-state index in [0.29, 0.717) is 0 Å². The first kappa shape index (κ1) is 18.4. The molecule has 2 heterocycles. The number of hydrogen-bond donors (Lipinski definition) is 0. The zero-order valence-corrected chi connectivity index (χ0v) is 17.2. The van der Waals surface area contributed by atoms with E-state index in [1.807, 2.05) is 0 Å². The average molecular weight is 403 g/mol. The van der Waals surface area contributed by atoms with Gasteiger partial charge in [-0.05, 0) is 53.3 Å². The van der Waals surface area contributed by atoms with Crippen LogP contribution >= 0.6 is 0 Å². The van der Waals surface area contributed by atoms with Crippen LogP contribution in [0.1, 0.15) is 6.42 Å². The van der Waals surface area contributed by atoms with Crippen molar-refractivity contribution in [2.75, 3.05) is 13.2 Å². The Kier molecular flexibility index (Phi) is 4.60. The van der Waals surface area contributed by atoms with Crippen LogP contribution in [0.25, 0.3) is 38.6 Å². The van der Waals surface area contributed by atoms with Gasteiger partial charge in [0.25, 0.3) is 0 Å². The molecule has 1 aliphatic heterocycles. The molecule has 1 aliphatic rings. The van der Waals surface area contributed by atoms with Gasteiger partial charge in [0.05, 0.1) is 11.0 Å². The Morgan fingerprint density at radius 2 is 1.35 bits per heavy atom. The Hall–Kier alpha value is -3.34. The quantitative estimate of drug-likeness (QED) is 0.367. The third kappa shape index (κ3) is 3.25. The zero-order chi connectivity index (χ0) is 20.6. The van der Waals surface area contributed by atoms with Crippen LogP contribution in [0.15, 0.2) is 97.1 Å². The summed E-state index contributed by atoms with van der Waals surface area (Å²) >= 11 is 0. The van der Waals surface area contributed by atoms with Gasteiger partial charge < -0.3 is 13.9 Å². The van der Waals surface area contributed by atoms with E-state index in [-0.39, 0.29) is 7.12 Å². The molecule has 1 saturated heterocycles. The summed E-state index contributed by atoms with van der Waals surface area (Å²) in [6, 6.07) is 34.4. The number of aromatic nitrogens is 1. The summed E-state index contributed by atoms with van der Waals surface area (Å²) in [5.41, 5.74) is 7.05. The molecule has 0 N–H and O–H groups in total. The minimum Gasteiger partial charge on any atom is -0.407 e. The molecule has 4 heteroatoms. The number of para-hydroxylation sites is 2. The van der Waals surface area contributed by atoms with Crippen LogP contribution in [0.5, 0.6) is 0 Å². The molecule has 3 nitrogen and oxygen atoms in total. The average Bonchev–Trinajstić information content (AvgIpc) is 3.19. The fourth-order valence-corrected chi connectivity index (χ4v) is 4.55. The number of fused-ring (bicyclic) bond motifs is 3. The first-order valence-corrected chi connectivity index (χ1v) is 10.8. The van der Waals surface area contributed by atoms with E-state index in [0.717, 1.165) is 25.1 Å². The van der Waals surface area contributed by atoms with Gasteiger partial charge in [-0.1, -0.05) is 66.7 Å². The third-order valence-corrected chi connectivity index (χ3v) is 6.01. The Labute approximate surface area is 182 Å². The maximum absolute atomic E-state index is 5.81. The number of nitrogens with zero attached hydrogens (tertiary/aromatic N) is 1. The van der Waals surface area contributed by atoms with Gasteiger partial charge in [0, 0.05) is 29.7 Å². The molecule has 0 saturated carbocycles. The van der Waals surface area contributed by atoms with Crippen molar-refractivity contribution < 1.29 is 9.31 Å². The first-order valence-electron chi connectivity index (χ1n) is 10.8. The van der Waals surface area contributed by atoms with Crippen molar-refractivity contribution in [3.63, 3.8) is 0 Å². The SMILES string of the molecule is c1ccc(-n2c3ccccc3c3cc(-c4cccc(B5OCCCO5)c4)ccc32)cc1. The fourth-order valence-electron chi connectivity index (χ4n) is 4.55. The molecule has 0 unspecified atom stereocenters. The summed E-state index contributed by atoms with van der Waals surface area (Å²) in [4.78, 5) is 0. The van der Waals surface area contributed by atoms with Crippen molar-refractivity contribution >= 4 is 34.4 Å². The third-order valence-electron chi connectivity index (χ3n) is 6.01. The molecule has 0 amide bonds. The first-order chi connectivity index (χ1) is 15.4. The molecule has 0 spiro atoms. The van der Waals surface area contributed by atoms with Crippen LogP contribution in [0.2, 0.25) is 0 Å². The smallest absolute Gasteiger partial charge is 0.407 e. The predicted molar refractivity (Wildman–Crippen MR) is 128 cm³/mol. The Morgan fingerprint density at radius 3 is 2.23 bits per heavy atom. The highest BCUT2D eigenvalue weighted by Gasteiger charge is 2.24. The number of hydrogen-bond acceptors (Lipinski definition) is 2. The lowest BCUT2D eigenvalue weighted by Crippen LogP contribution is -2.40. The molecule has 1 fully saturated rings. The predicted octanol–water partition coefficient (Wildman–Crippen LogP) is 5.58. The highest BCUT2D eigenvalue weighted by atomic mass is 16.6. The van der Waals surface area contributed by atoms with Gasteiger partial charge in [-0.25, -0.2) is 0 Å². The van der Waals surface area contributed by atoms with E-state index < -0.39 is 0 Å². The molecule has 1 aromatic heterocycles. The van der Waals surface area contributed by atoms with Gasteiger partial charge in [-0.15, -0.1) is 0 Å². The Bertz CT molecular complexity index is 1370. The minimum atomic E-state index is -0.266.